The predicted molar refractivity (Wildman–Crippen MR) is 85.5 cm³/mol. The Bertz CT molecular complexity index is 500. The number of hydrogen-bond donors (Lipinski definition) is 2. The first-order valence-electron chi connectivity index (χ1n) is 7.57. The van der Waals surface area contributed by atoms with E-state index < -0.39 is 6.29 Å². The van der Waals surface area contributed by atoms with Crippen LogP contribution in [-0.2, 0) is 14.3 Å². The molecule has 0 aliphatic carbocycles. The number of nitrogens with one attached hydrogen (secondary N) is 1. The Labute approximate surface area is 134 Å². The SMILES string of the molecule is CCO[C@@H]1OC(C(=O)NC)=C[C@H](c2cccs2)[C@@H]1CCCO. The Balaban J connectivity index is 2.33. The summed E-state index contributed by atoms with van der Waals surface area (Å²) >= 11 is 1.66. The number of allylic oxidation sites excluding steroid dienone is 1. The molecule has 2 N–H and O–H groups in total. The van der Waals surface area contributed by atoms with Gasteiger partial charge in [-0.1, -0.05) is 6.07 Å². The van der Waals surface area contributed by atoms with Crippen LogP contribution in [0, 0.1) is 5.92 Å². The highest BCUT2D eigenvalue weighted by Gasteiger charge is 2.37. The molecule has 122 valence electrons. The van der Waals surface area contributed by atoms with E-state index in [1.54, 1.807) is 18.4 Å². The summed E-state index contributed by atoms with van der Waals surface area (Å²) in [7, 11) is 1.58. The number of aliphatic hydroxyl groups is 1. The highest BCUT2D eigenvalue weighted by molar-refractivity contribution is 7.10. The Morgan fingerprint density at radius 3 is 2.95 bits per heavy atom. The zero-order valence-corrected chi connectivity index (χ0v) is 13.8. The van der Waals surface area contributed by atoms with Crippen LogP contribution in [0.2, 0.25) is 0 Å². The molecule has 0 saturated heterocycles. The van der Waals surface area contributed by atoms with E-state index in [0.29, 0.717) is 18.8 Å². The molecule has 0 bridgehead atoms. The summed E-state index contributed by atoms with van der Waals surface area (Å²) in [6.07, 6.45) is 2.87. The number of carbonyl (C=O) groups is 1. The van der Waals surface area contributed by atoms with Crippen molar-refractivity contribution in [1.82, 2.24) is 5.32 Å². The summed E-state index contributed by atoms with van der Waals surface area (Å²) < 4.78 is 11.5. The van der Waals surface area contributed by atoms with Gasteiger partial charge in [-0.2, -0.15) is 0 Å². The minimum Gasteiger partial charge on any atom is -0.459 e. The molecule has 0 aromatic carbocycles. The van der Waals surface area contributed by atoms with E-state index in [4.69, 9.17) is 14.6 Å². The van der Waals surface area contributed by atoms with Gasteiger partial charge in [-0.05, 0) is 37.3 Å². The topological polar surface area (TPSA) is 67.8 Å². The van der Waals surface area contributed by atoms with Gasteiger partial charge in [-0.25, -0.2) is 0 Å². The van der Waals surface area contributed by atoms with Crippen LogP contribution in [0.25, 0.3) is 0 Å². The van der Waals surface area contributed by atoms with E-state index in [9.17, 15) is 4.79 Å². The first-order chi connectivity index (χ1) is 10.7. The van der Waals surface area contributed by atoms with Crippen LogP contribution in [0.3, 0.4) is 0 Å². The molecule has 0 spiro atoms. The summed E-state index contributed by atoms with van der Waals surface area (Å²) in [6, 6.07) is 4.06. The molecular weight excluding hydrogens is 302 g/mol. The Hall–Kier alpha value is -1.37. The molecule has 0 unspecified atom stereocenters. The number of thiophene rings is 1. The molecule has 2 heterocycles. The highest BCUT2D eigenvalue weighted by atomic mass is 32.1. The van der Waals surface area contributed by atoms with E-state index in [1.807, 2.05) is 24.4 Å². The third-order valence-corrected chi connectivity index (χ3v) is 4.71. The first kappa shape index (κ1) is 17.0. The number of amides is 1. The van der Waals surface area contributed by atoms with Gasteiger partial charge in [0, 0.05) is 37.0 Å². The minimum atomic E-state index is -0.471. The van der Waals surface area contributed by atoms with Gasteiger partial charge < -0.3 is 19.9 Å². The normalized spacial score (nSPS) is 24.5. The molecule has 1 aromatic heterocycles. The Morgan fingerprint density at radius 2 is 2.36 bits per heavy atom. The average Bonchev–Trinajstić information content (AvgIpc) is 3.06. The molecule has 2 rings (SSSR count). The van der Waals surface area contributed by atoms with Crippen LogP contribution in [0.4, 0.5) is 0 Å². The molecule has 22 heavy (non-hydrogen) atoms. The van der Waals surface area contributed by atoms with Crippen molar-refractivity contribution in [2.24, 2.45) is 5.92 Å². The molecular formula is C16H23NO4S. The van der Waals surface area contributed by atoms with Crippen LogP contribution < -0.4 is 5.32 Å². The summed E-state index contributed by atoms with van der Waals surface area (Å²) in [5, 5.41) is 13.8. The first-order valence-corrected chi connectivity index (χ1v) is 8.45. The third-order valence-electron chi connectivity index (χ3n) is 3.73. The lowest BCUT2D eigenvalue weighted by atomic mass is 9.84. The molecule has 1 aliphatic heterocycles. The summed E-state index contributed by atoms with van der Waals surface area (Å²) in [5.41, 5.74) is 0. The lowest BCUT2D eigenvalue weighted by Gasteiger charge is -2.36. The van der Waals surface area contributed by atoms with Crippen molar-refractivity contribution < 1.29 is 19.4 Å². The highest BCUT2D eigenvalue weighted by Crippen LogP contribution is 2.40. The Kier molecular flexibility index (Phi) is 6.42. The molecule has 3 atom stereocenters. The number of carbonyl (C=O) groups excluding carboxylic acids is 1. The standard InChI is InChI=1S/C16H23NO4S/c1-3-20-16-11(6-4-8-18)12(14-7-5-9-22-14)10-13(21-16)15(19)17-2/h5,7,9-12,16,18H,3-4,6,8H2,1-2H3,(H,17,19)/t11-,12-,16+/m0/s1. The fourth-order valence-corrected chi connectivity index (χ4v) is 3.57. The average molecular weight is 325 g/mol. The fourth-order valence-electron chi connectivity index (χ4n) is 2.70. The van der Waals surface area contributed by atoms with Gasteiger partial charge in [-0.15, -0.1) is 11.3 Å². The van der Waals surface area contributed by atoms with E-state index >= 15 is 0 Å². The van der Waals surface area contributed by atoms with Gasteiger partial charge in [0.1, 0.15) is 0 Å². The van der Waals surface area contributed by atoms with Gasteiger partial charge in [0.15, 0.2) is 5.76 Å². The van der Waals surface area contributed by atoms with E-state index in [-0.39, 0.29) is 24.3 Å². The van der Waals surface area contributed by atoms with Crippen molar-refractivity contribution in [3.8, 4) is 0 Å². The van der Waals surface area contributed by atoms with Gasteiger partial charge in [-0.3, -0.25) is 4.79 Å². The van der Waals surface area contributed by atoms with Crippen molar-refractivity contribution in [3.05, 3.63) is 34.2 Å². The third kappa shape index (κ3) is 3.88. The smallest absolute Gasteiger partial charge is 0.285 e. The summed E-state index contributed by atoms with van der Waals surface area (Å²) in [4.78, 5) is 13.1. The zero-order chi connectivity index (χ0) is 15.9. The summed E-state index contributed by atoms with van der Waals surface area (Å²) in [6.45, 7) is 2.56. The van der Waals surface area contributed by atoms with Gasteiger partial charge in [0.05, 0.1) is 0 Å². The zero-order valence-electron chi connectivity index (χ0n) is 13.0. The number of rotatable bonds is 7. The van der Waals surface area contributed by atoms with Crippen molar-refractivity contribution in [1.29, 1.82) is 0 Å². The van der Waals surface area contributed by atoms with Crippen LogP contribution in [0.15, 0.2) is 29.3 Å². The number of likely N-dealkylation sites (N-methyl/N-ethyl adjacent to an activating group) is 1. The fraction of sp³-hybridized carbons (Fsp3) is 0.562. The summed E-state index contributed by atoms with van der Waals surface area (Å²) in [5.74, 6) is 0.203. The molecule has 0 saturated carbocycles. The van der Waals surface area contributed by atoms with Crippen LogP contribution in [-0.4, -0.2) is 37.6 Å². The largest absolute Gasteiger partial charge is 0.459 e. The number of hydrogen-bond acceptors (Lipinski definition) is 5. The second-order valence-corrected chi connectivity index (χ2v) is 6.10. The maximum Gasteiger partial charge on any atom is 0.285 e. The van der Waals surface area contributed by atoms with Crippen molar-refractivity contribution in [3.63, 3.8) is 0 Å². The molecule has 1 aliphatic rings. The van der Waals surface area contributed by atoms with Gasteiger partial charge >= 0.3 is 0 Å². The van der Waals surface area contributed by atoms with Crippen molar-refractivity contribution in [2.45, 2.75) is 32.0 Å². The van der Waals surface area contributed by atoms with Crippen LogP contribution in [0.1, 0.15) is 30.6 Å². The van der Waals surface area contributed by atoms with Gasteiger partial charge in [0.25, 0.3) is 5.91 Å². The maximum atomic E-state index is 12.0. The molecule has 0 radical (unpaired) electrons. The van der Waals surface area contributed by atoms with Crippen molar-refractivity contribution in [2.75, 3.05) is 20.3 Å². The molecule has 1 aromatic rings. The minimum absolute atomic E-state index is 0.0594. The monoisotopic (exact) mass is 325 g/mol. The van der Waals surface area contributed by atoms with Gasteiger partial charge in [0.2, 0.25) is 6.29 Å². The van der Waals surface area contributed by atoms with E-state index in [1.165, 1.54) is 4.88 Å². The molecule has 6 heteroatoms. The van der Waals surface area contributed by atoms with Crippen LogP contribution in [0.5, 0.6) is 0 Å². The van der Waals surface area contributed by atoms with E-state index in [0.717, 1.165) is 6.42 Å². The number of aliphatic hydroxyl groups excluding tert-OH is 1. The van der Waals surface area contributed by atoms with Crippen molar-refractivity contribution >= 4 is 17.2 Å². The second kappa shape index (κ2) is 8.31. The second-order valence-electron chi connectivity index (χ2n) is 5.12. The Morgan fingerprint density at radius 1 is 1.55 bits per heavy atom. The van der Waals surface area contributed by atoms with Crippen LogP contribution >= 0.6 is 11.3 Å². The predicted octanol–water partition coefficient (Wildman–Crippen LogP) is 2.24. The molecule has 0 fully saturated rings. The lowest BCUT2D eigenvalue weighted by molar-refractivity contribution is -0.166. The maximum absolute atomic E-state index is 12.0. The quantitative estimate of drug-likeness (QED) is 0.807. The molecule has 1 amide bonds. The lowest BCUT2D eigenvalue weighted by Crippen LogP contribution is -2.38. The molecule has 5 nitrogen and oxygen atoms in total. The number of ether oxygens (including phenoxy) is 2. The van der Waals surface area contributed by atoms with E-state index in [2.05, 4.69) is 11.4 Å².